The third kappa shape index (κ3) is 3.91. The highest BCUT2D eigenvalue weighted by Gasteiger charge is 2.13. The van der Waals surface area contributed by atoms with E-state index in [0.29, 0.717) is 16.5 Å². The summed E-state index contributed by atoms with van der Waals surface area (Å²) < 4.78 is 6.08. The number of amides is 1. The van der Waals surface area contributed by atoms with Crippen molar-refractivity contribution in [2.45, 2.75) is 6.92 Å². The van der Waals surface area contributed by atoms with Crippen LogP contribution in [-0.2, 0) is 9.53 Å². The number of aromatic amines is 1. The second-order valence-electron chi connectivity index (χ2n) is 6.13. The van der Waals surface area contributed by atoms with E-state index in [1.54, 1.807) is 36.7 Å². The molecule has 2 heterocycles. The van der Waals surface area contributed by atoms with Gasteiger partial charge in [0, 0.05) is 18.0 Å². The molecule has 0 fully saturated rings. The predicted molar refractivity (Wildman–Crippen MR) is 107 cm³/mol. The number of carbonyl (C=O) groups excluding carboxylic acids is 2. The Morgan fingerprint density at radius 3 is 2.75 bits per heavy atom. The van der Waals surface area contributed by atoms with Gasteiger partial charge in [-0.3, -0.25) is 10.1 Å². The molecule has 0 aliphatic carbocycles. The first-order valence-corrected chi connectivity index (χ1v) is 9.34. The number of hydrogen-bond acceptors (Lipinski definition) is 6. The SMILES string of the molecule is Cc1ccc2nc(NC(=O)COC(=O)c3ccc(-c4ncc[nH]4)cc3)sc2c1. The van der Waals surface area contributed by atoms with Crippen LogP contribution < -0.4 is 5.32 Å². The molecule has 0 unspecified atom stereocenters. The molecule has 28 heavy (non-hydrogen) atoms. The topological polar surface area (TPSA) is 97.0 Å². The maximum absolute atomic E-state index is 12.1. The van der Waals surface area contributed by atoms with Gasteiger partial charge >= 0.3 is 5.97 Å². The Kier molecular flexibility index (Phi) is 4.86. The summed E-state index contributed by atoms with van der Waals surface area (Å²) in [6, 6.07) is 12.7. The Bertz CT molecular complexity index is 1130. The van der Waals surface area contributed by atoms with Crippen molar-refractivity contribution in [1.29, 1.82) is 0 Å². The van der Waals surface area contributed by atoms with Crippen LogP contribution in [0.1, 0.15) is 15.9 Å². The number of thiazole rings is 1. The van der Waals surface area contributed by atoms with Gasteiger partial charge in [0.15, 0.2) is 11.7 Å². The minimum atomic E-state index is -0.568. The van der Waals surface area contributed by atoms with Crippen molar-refractivity contribution < 1.29 is 14.3 Å². The van der Waals surface area contributed by atoms with E-state index in [2.05, 4.69) is 20.3 Å². The molecule has 1 amide bonds. The molecule has 8 heteroatoms. The first kappa shape index (κ1) is 17.9. The van der Waals surface area contributed by atoms with Crippen molar-refractivity contribution in [2.75, 3.05) is 11.9 Å². The molecule has 2 aromatic heterocycles. The average molecular weight is 392 g/mol. The van der Waals surface area contributed by atoms with E-state index < -0.39 is 11.9 Å². The van der Waals surface area contributed by atoms with Crippen molar-refractivity contribution in [1.82, 2.24) is 15.0 Å². The second-order valence-corrected chi connectivity index (χ2v) is 7.16. The number of hydrogen-bond donors (Lipinski definition) is 2. The molecule has 0 saturated heterocycles. The number of H-pyrrole nitrogens is 1. The maximum atomic E-state index is 12.1. The van der Waals surface area contributed by atoms with Gasteiger partial charge in [-0.15, -0.1) is 0 Å². The molecule has 0 atom stereocenters. The van der Waals surface area contributed by atoms with Crippen LogP contribution in [0, 0.1) is 6.92 Å². The summed E-state index contributed by atoms with van der Waals surface area (Å²) in [7, 11) is 0. The summed E-state index contributed by atoms with van der Waals surface area (Å²) in [6.45, 7) is 1.62. The highest BCUT2D eigenvalue weighted by molar-refractivity contribution is 7.22. The number of aryl methyl sites for hydroxylation is 1. The second kappa shape index (κ2) is 7.61. The number of imidazole rings is 1. The van der Waals surface area contributed by atoms with Crippen LogP contribution >= 0.6 is 11.3 Å². The number of benzene rings is 2. The summed E-state index contributed by atoms with van der Waals surface area (Å²) in [4.78, 5) is 35.7. The first-order valence-electron chi connectivity index (χ1n) is 8.52. The van der Waals surface area contributed by atoms with Gasteiger partial charge in [-0.05, 0) is 36.8 Å². The van der Waals surface area contributed by atoms with Crippen molar-refractivity contribution in [3.8, 4) is 11.4 Å². The molecule has 0 bridgehead atoms. The van der Waals surface area contributed by atoms with Gasteiger partial charge in [-0.2, -0.15) is 0 Å². The number of carbonyl (C=O) groups is 2. The summed E-state index contributed by atoms with van der Waals surface area (Å²) in [6.07, 6.45) is 3.38. The van der Waals surface area contributed by atoms with Gasteiger partial charge in [-0.1, -0.05) is 29.5 Å². The lowest BCUT2D eigenvalue weighted by atomic mass is 10.1. The van der Waals surface area contributed by atoms with E-state index in [4.69, 9.17) is 4.74 Å². The number of fused-ring (bicyclic) bond motifs is 1. The predicted octanol–water partition coefficient (Wildman–Crippen LogP) is 3.79. The molecule has 0 spiro atoms. The zero-order valence-electron chi connectivity index (χ0n) is 14.9. The Morgan fingerprint density at radius 2 is 2.00 bits per heavy atom. The lowest BCUT2D eigenvalue weighted by Crippen LogP contribution is -2.20. The third-order valence-corrected chi connectivity index (χ3v) is 4.95. The van der Waals surface area contributed by atoms with Crippen molar-refractivity contribution >= 4 is 38.6 Å². The fraction of sp³-hybridized carbons (Fsp3) is 0.100. The third-order valence-electron chi connectivity index (χ3n) is 4.02. The normalized spacial score (nSPS) is 10.8. The quantitative estimate of drug-likeness (QED) is 0.504. The van der Waals surface area contributed by atoms with Crippen LogP contribution in [0.2, 0.25) is 0 Å². The molecule has 0 aliphatic heterocycles. The Hall–Kier alpha value is -3.52. The van der Waals surface area contributed by atoms with E-state index in [1.807, 2.05) is 25.1 Å². The molecule has 4 rings (SSSR count). The Balaban J connectivity index is 1.34. The average Bonchev–Trinajstić information content (AvgIpc) is 3.35. The van der Waals surface area contributed by atoms with Crippen molar-refractivity contribution in [3.05, 3.63) is 66.0 Å². The standard InChI is InChI=1S/C20H16N4O3S/c1-12-2-7-15-16(10-12)28-20(23-15)24-17(25)11-27-19(26)14-5-3-13(4-6-14)18-21-8-9-22-18/h2-10H,11H2,1H3,(H,21,22)(H,23,24,25). The summed E-state index contributed by atoms with van der Waals surface area (Å²) in [5, 5.41) is 3.14. The zero-order chi connectivity index (χ0) is 19.5. The molecular weight excluding hydrogens is 376 g/mol. The molecule has 0 radical (unpaired) electrons. The number of nitrogens with one attached hydrogen (secondary N) is 2. The molecule has 4 aromatic rings. The molecule has 2 N–H and O–H groups in total. The van der Waals surface area contributed by atoms with Crippen LogP contribution in [0.25, 0.3) is 21.6 Å². The van der Waals surface area contributed by atoms with Crippen LogP contribution in [0.3, 0.4) is 0 Å². The van der Waals surface area contributed by atoms with Crippen molar-refractivity contribution in [2.24, 2.45) is 0 Å². The van der Waals surface area contributed by atoms with Gasteiger partial charge in [0.1, 0.15) is 5.82 Å². The van der Waals surface area contributed by atoms with Gasteiger partial charge in [-0.25, -0.2) is 14.8 Å². The number of esters is 1. The number of ether oxygens (including phenoxy) is 1. The van der Waals surface area contributed by atoms with E-state index in [0.717, 1.165) is 21.3 Å². The molecule has 0 saturated carbocycles. The maximum Gasteiger partial charge on any atom is 0.338 e. The van der Waals surface area contributed by atoms with Gasteiger partial charge in [0.25, 0.3) is 5.91 Å². The first-order chi connectivity index (χ1) is 13.6. The van der Waals surface area contributed by atoms with Crippen LogP contribution in [-0.4, -0.2) is 33.4 Å². The van der Waals surface area contributed by atoms with E-state index in [1.165, 1.54) is 11.3 Å². The van der Waals surface area contributed by atoms with Crippen LogP contribution in [0.15, 0.2) is 54.9 Å². The van der Waals surface area contributed by atoms with E-state index in [9.17, 15) is 9.59 Å². The van der Waals surface area contributed by atoms with Crippen LogP contribution in [0.5, 0.6) is 0 Å². The molecule has 0 aliphatic rings. The number of nitrogens with zero attached hydrogens (tertiary/aromatic N) is 2. The zero-order valence-corrected chi connectivity index (χ0v) is 15.7. The summed E-state index contributed by atoms with van der Waals surface area (Å²) in [5.41, 5.74) is 3.16. The number of rotatable bonds is 5. The van der Waals surface area contributed by atoms with Crippen LogP contribution in [0.4, 0.5) is 5.13 Å². The fourth-order valence-corrected chi connectivity index (χ4v) is 3.62. The highest BCUT2D eigenvalue weighted by atomic mass is 32.1. The molecule has 2 aromatic carbocycles. The monoisotopic (exact) mass is 392 g/mol. The van der Waals surface area contributed by atoms with Gasteiger partial charge in [0.2, 0.25) is 0 Å². The van der Waals surface area contributed by atoms with Crippen molar-refractivity contribution in [3.63, 3.8) is 0 Å². The van der Waals surface area contributed by atoms with Gasteiger partial charge < -0.3 is 9.72 Å². The minimum absolute atomic E-state index is 0.360. The molecule has 7 nitrogen and oxygen atoms in total. The minimum Gasteiger partial charge on any atom is -0.452 e. The molecular formula is C20H16N4O3S. The summed E-state index contributed by atoms with van der Waals surface area (Å²) in [5.74, 6) is -0.289. The number of aromatic nitrogens is 3. The largest absolute Gasteiger partial charge is 0.452 e. The molecule has 140 valence electrons. The fourth-order valence-electron chi connectivity index (χ4n) is 2.64. The van der Waals surface area contributed by atoms with E-state index >= 15 is 0 Å². The Labute approximate surface area is 164 Å². The number of anilines is 1. The highest BCUT2D eigenvalue weighted by Crippen LogP contribution is 2.26. The summed E-state index contributed by atoms with van der Waals surface area (Å²) >= 11 is 1.38. The van der Waals surface area contributed by atoms with Gasteiger partial charge in [0.05, 0.1) is 15.8 Å². The lowest BCUT2D eigenvalue weighted by Gasteiger charge is -2.05. The lowest BCUT2D eigenvalue weighted by molar-refractivity contribution is -0.119. The Morgan fingerprint density at radius 1 is 1.18 bits per heavy atom. The smallest absolute Gasteiger partial charge is 0.338 e. The van der Waals surface area contributed by atoms with E-state index in [-0.39, 0.29) is 6.61 Å².